The molecule has 3 aromatic rings. The van der Waals surface area contributed by atoms with Gasteiger partial charge in [0.05, 0.1) is 5.02 Å². The fourth-order valence-electron chi connectivity index (χ4n) is 2.06. The minimum absolute atomic E-state index is 0.150. The number of amides is 1. The van der Waals surface area contributed by atoms with Crippen molar-refractivity contribution in [2.24, 2.45) is 7.05 Å². The van der Waals surface area contributed by atoms with E-state index in [0.717, 1.165) is 15.9 Å². The van der Waals surface area contributed by atoms with Crippen LogP contribution >= 0.6 is 22.9 Å². The molecular formula is C14H13ClN4OS. The predicted molar refractivity (Wildman–Crippen MR) is 83.9 cm³/mol. The minimum Gasteiger partial charge on any atom is -0.351 e. The lowest BCUT2D eigenvalue weighted by atomic mass is 10.2. The maximum absolute atomic E-state index is 12.2. The van der Waals surface area contributed by atoms with Gasteiger partial charge in [-0.05, 0) is 6.07 Å². The summed E-state index contributed by atoms with van der Waals surface area (Å²) in [6.07, 6.45) is 2.27. The van der Waals surface area contributed by atoms with Crippen molar-refractivity contribution in [3.8, 4) is 0 Å². The zero-order valence-electron chi connectivity index (χ0n) is 11.3. The van der Waals surface area contributed by atoms with E-state index in [9.17, 15) is 4.79 Å². The number of fused-ring (bicyclic) bond motifs is 1. The highest BCUT2D eigenvalue weighted by Gasteiger charge is 2.16. The molecule has 3 rings (SSSR count). The van der Waals surface area contributed by atoms with Crippen LogP contribution in [0.25, 0.3) is 10.1 Å². The summed E-state index contributed by atoms with van der Waals surface area (Å²) in [5.41, 5.74) is 0. The zero-order valence-corrected chi connectivity index (χ0v) is 12.9. The topological polar surface area (TPSA) is 59.8 Å². The summed E-state index contributed by atoms with van der Waals surface area (Å²) >= 11 is 7.68. The van der Waals surface area contributed by atoms with Crippen LogP contribution in [0.5, 0.6) is 0 Å². The molecule has 0 spiro atoms. The molecule has 1 amide bonds. The molecule has 1 aromatic carbocycles. The van der Waals surface area contributed by atoms with Crippen LogP contribution in [0.2, 0.25) is 5.02 Å². The smallest absolute Gasteiger partial charge is 0.262 e. The Balaban J connectivity index is 1.70. The lowest BCUT2D eigenvalue weighted by Gasteiger charge is -2.03. The van der Waals surface area contributed by atoms with E-state index in [1.54, 1.807) is 6.33 Å². The van der Waals surface area contributed by atoms with Crippen LogP contribution in [0.15, 0.2) is 30.6 Å². The number of rotatable bonds is 4. The Bertz CT molecular complexity index is 795. The van der Waals surface area contributed by atoms with Gasteiger partial charge in [0.15, 0.2) is 0 Å². The third kappa shape index (κ3) is 2.77. The van der Waals surface area contributed by atoms with Gasteiger partial charge in [0.25, 0.3) is 5.91 Å². The van der Waals surface area contributed by atoms with Crippen molar-refractivity contribution in [3.63, 3.8) is 0 Å². The van der Waals surface area contributed by atoms with Gasteiger partial charge in [0.2, 0.25) is 0 Å². The SMILES string of the molecule is Cn1cnnc1CCNC(=O)c1sc2ccccc2c1Cl. The Morgan fingerprint density at radius 3 is 2.95 bits per heavy atom. The van der Waals surface area contributed by atoms with Crippen LogP contribution in [-0.2, 0) is 13.5 Å². The van der Waals surface area contributed by atoms with E-state index in [1.165, 1.54) is 11.3 Å². The number of nitrogens with zero attached hydrogens (tertiary/aromatic N) is 3. The normalized spacial score (nSPS) is 11.0. The van der Waals surface area contributed by atoms with Gasteiger partial charge in [-0.3, -0.25) is 4.79 Å². The zero-order chi connectivity index (χ0) is 14.8. The van der Waals surface area contributed by atoms with Gasteiger partial charge in [0.1, 0.15) is 17.0 Å². The highest BCUT2D eigenvalue weighted by molar-refractivity contribution is 7.21. The number of aromatic nitrogens is 3. The Kier molecular flexibility index (Phi) is 3.90. The lowest BCUT2D eigenvalue weighted by Crippen LogP contribution is -2.25. The van der Waals surface area contributed by atoms with E-state index in [2.05, 4.69) is 15.5 Å². The van der Waals surface area contributed by atoms with Crippen molar-refractivity contribution in [1.29, 1.82) is 0 Å². The number of carbonyl (C=O) groups is 1. The second-order valence-corrected chi connectivity index (χ2v) is 6.04. The maximum Gasteiger partial charge on any atom is 0.262 e. The first-order valence-corrected chi connectivity index (χ1v) is 7.64. The standard InChI is InChI=1S/C14H13ClN4OS/c1-19-8-17-18-11(19)6-7-16-14(20)13-12(15)9-4-2-3-5-10(9)21-13/h2-5,8H,6-7H2,1H3,(H,16,20). The van der Waals surface area contributed by atoms with Crippen LogP contribution in [-0.4, -0.2) is 27.2 Å². The molecule has 2 aromatic heterocycles. The van der Waals surface area contributed by atoms with Crippen LogP contribution in [0, 0.1) is 0 Å². The monoisotopic (exact) mass is 320 g/mol. The largest absolute Gasteiger partial charge is 0.351 e. The molecule has 0 aliphatic rings. The molecule has 21 heavy (non-hydrogen) atoms. The summed E-state index contributed by atoms with van der Waals surface area (Å²) in [6.45, 7) is 0.496. The molecular weight excluding hydrogens is 308 g/mol. The Labute approximate surface area is 130 Å². The molecule has 5 nitrogen and oxygen atoms in total. The average molecular weight is 321 g/mol. The number of nitrogens with one attached hydrogen (secondary N) is 1. The second-order valence-electron chi connectivity index (χ2n) is 4.61. The van der Waals surface area contributed by atoms with Crippen molar-refractivity contribution in [1.82, 2.24) is 20.1 Å². The number of carbonyl (C=O) groups excluding carboxylic acids is 1. The van der Waals surface area contributed by atoms with Gasteiger partial charge >= 0.3 is 0 Å². The van der Waals surface area contributed by atoms with Crippen LogP contribution < -0.4 is 5.32 Å². The van der Waals surface area contributed by atoms with Crippen molar-refractivity contribution >= 4 is 38.9 Å². The van der Waals surface area contributed by atoms with Crippen LogP contribution in [0.3, 0.4) is 0 Å². The Hall–Kier alpha value is -1.92. The molecule has 108 valence electrons. The molecule has 1 N–H and O–H groups in total. The highest BCUT2D eigenvalue weighted by Crippen LogP contribution is 2.34. The molecule has 7 heteroatoms. The number of aryl methyl sites for hydroxylation is 1. The summed E-state index contributed by atoms with van der Waals surface area (Å²) in [4.78, 5) is 12.8. The summed E-state index contributed by atoms with van der Waals surface area (Å²) in [7, 11) is 1.88. The van der Waals surface area contributed by atoms with Gasteiger partial charge in [-0.15, -0.1) is 21.5 Å². The van der Waals surface area contributed by atoms with Gasteiger partial charge < -0.3 is 9.88 Å². The minimum atomic E-state index is -0.150. The number of hydrogen-bond donors (Lipinski definition) is 1. The molecule has 0 fully saturated rings. The summed E-state index contributed by atoms with van der Waals surface area (Å²) in [5.74, 6) is 0.682. The van der Waals surface area contributed by atoms with Gasteiger partial charge in [-0.25, -0.2) is 0 Å². The van der Waals surface area contributed by atoms with E-state index in [1.807, 2.05) is 35.9 Å². The van der Waals surface area contributed by atoms with Crippen molar-refractivity contribution in [2.75, 3.05) is 6.54 Å². The number of thiophene rings is 1. The van der Waals surface area contributed by atoms with Crippen molar-refractivity contribution in [2.45, 2.75) is 6.42 Å². The predicted octanol–water partition coefficient (Wildman–Crippen LogP) is 2.66. The summed E-state index contributed by atoms with van der Waals surface area (Å²) in [5, 5.41) is 12.1. The first-order chi connectivity index (χ1) is 10.2. The molecule has 0 saturated heterocycles. The van der Waals surface area contributed by atoms with Crippen molar-refractivity contribution < 1.29 is 4.79 Å². The van der Waals surface area contributed by atoms with Crippen LogP contribution in [0.4, 0.5) is 0 Å². The third-order valence-electron chi connectivity index (χ3n) is 3.18. The summed E-state index contributed by atoms with van der Waals surface area (Å²) < 4.78 is 2.85. The molecule has 0 bridgehead atoms. The number of halogens is 1. The fourth-order valence-corrected chi connectivity index (χ4v) is 3.50. The van der Waals surface area contributed by atoms with E-state index in [-0.39, 0.29) is 5.91 Å². The maximum atomic E-state index is 12.2. The van der Waals surface area contributed by atoms with Gasteiger partial charge in [-0.2, -0.15) is 0 Å². The molecule has 0 aliphatic carbocycles. The first-order valence-electron chi connectivity index (χ1n) is 6.45. The van der Waals surface area contributed by atoms with E-state index in [0.29, 0.717) is 22.9 Å². The molecule has 0 unspecified atom stereocenters. The number of hydrogen-bond acceptors (Lipinski definition) is 4. The van der Waals surface area contributed by atoms with Gasteiger partial charge in [-0.1, -0.05) is 29.8 Å². The average Bonchev–Trinajstić information content (AvgIpc) is 3.04. The van der Waals surface area contributed by atoms with E-state index < -0.39 is 0 Å². The molecule has 0 saturated carbocycles. The first kappa shape index (κ1) is 14.0. The molecule has 0 aliphatic heterocycles. The van der Waals surface area contributed by atoms with Crippen molar-refractivity contribution in [3.05, 3.63) is 46.3 Å². The lowest BCUT2D eigenvalue weighted by molar-refractivity contribution is 0.0958. The van der Waals surface area contributed by atoms with Crippen LogP contribution in [0.1, 0.15) is 15.5 Å². The Morgan fingerprint density at radius 2 is 2.24 bits per heavy atom. The summed E-state index contributed by atoms with van der Waals surface area (Å²) in [6, 6.07) is 7.73. The molecule has 0 radical (unpaired) electrons. The van der Waals surface area contributed by atoms with E-state index >= 15 is 0 Å². The fraction of sp³-hybridized carbons (Fsp3) is 0.214. The molecule has 0 atom stereocenters. The van der Waals surface area contributed by atoms with Gasteiger partial charge in [0, 0.05) is 30.1 Å². The quantitative estimate of drug-likeness (QED) is 0.804. The highest BCUT2D eigenvalue weighted by atomic mass is 35.5. The number of benzene rings is 1. The Morgan fingerprint density at radius 1 is 1.43 bits per heavy atom. The third-order valence-corrected chi connectivity index (χ3v) is 4.85. The molecule has 2 heterocycles. The van der Waals surface area contributed by atoms with E-state index in [4.69, 9.17) is 11.6 Å². The second kappa shape index (κ2) is 5.83.